The Morgan fingerprint density at radius 2 is 1.94 bits per heavy atom. The molecule has 0 saturated heterocycles. The summed E-state index contributed by atoms with van der Waals surface area (Å²) in [7, 11) is 0. The molecule has 0 fully saturated rings. The lowest BCUT2D eigenvalue weighted by Crippen LogP contribution is -2.24. The number of nitrogens with zero attached hydrogens (tertiary/aromatic N) is 2. The first-order valence-corrected chi connectivity index (χ1v) is 12.6. The summed E-state index contributed by atoms with van der Waals surface area (Å²) >= 11 is 2.61. The second-order valence-corrected chi connectivity index (χ2v) is 10.1. The summed E-state index contributed by atoms with van der Waals surface area (Å²) in [6, 6.07) is 0. The average molecular weight is 474 g/mol. The van der Waals surface area contributed by atoms with E-state index in [1.807, 2.05) is 13.8 Å². The van der Waals surface area contributed by atoms with Crippen molar-refractivity contribution >= 4 is 49.8 Å². The van der Waals surface area contributed by atoms with Gasteiger partial charge in [0.05, 0.1) is 22.4 Å². The zero-order chi connectivity index (χ0) is 23.0. The molecule has 3 aromatic heterocycles. The van der Waals surface area contributed by atoms with Gasteiger partial charge in [-0.3, -0.25) is 14.2 Å². The van der Waals surface area contributed by atoms with Crippen molar-refractivity contribution in [3.63, 3.8) is 0 Å². The van der Waals surface area contributed by atoms with Crippen molar-refractivity contribution in [1.82, 2.24) is 9.55 Å². The second kappa shape index (κ2) is 9.15. The van der Waals surface area contributed by atoms with E-state index in [9.17, 15) is 14.4 Å². The van der Waals surface area contributed by atoms with Crippen molar-refractivity contribution in [3.05, 3.63) is 42.6 Å². The molecule has 0 aliphatic carbocycles. The molecule has 0 unspecified atom stereocenters. The van der Waals surface area contributed by atoms with Crippen LogP contribution in [0.1, 0.15) is 75.0 Å². The minimum absolute atomic E-state index is 0.0628. The number of hydrogen-bond donors (Lipinski definition) is 1. The number of amides is 1. The van der Waals surface area contributed by atoms with Crippen LogP contribution in [0.3, 0.4) is 0 Å². The van der Waals surface area contributed by atoms with Crippen LogP contribution in [0.15, 0.2) is 4.79 Å². The molecule has 32 heavy (non-hydrogen) atoms. The first kappa shape index (κ1) is 22.7. The topological polar surface area (TPSA) is 90.3 Å². The van der Waals surface area contributed by atoms with E-state index in [-0.39, 0.29) is 18.1 Å². The van der Waals surface area contributed by atoms with Gasteiger partial charge in [-0.2, -0.15) is 0 Å². The Labute approximate surface area is 194 Å². The normalized spacial score (nSPS) is 13.6. The van der Waals surface area contributed by atoms with Gasteiger partial charge in [0, 0.05) is 17.8 Å². The van der Waals surface area contributed by atoms with E-state index in [1.165, 1.54) is 22.7 Å². The highest BCUT2D eigenvalue weighted by Crippen LogP contribution is 2.36. The lowest BCUT2D eigenvalue weighted by molar-refractivity contribution is 0.0527. The third-order valence-electron chi connectivity index (χ3n) is 5.89. The summed E-state index contributed by atoms with van der Waals surface area (Å²) in [6.07, 6.45) is 4.52. The van der Waals surface area contributed by atoms with E-state index >= 15 is 0 Å². The number of aryl methyl sites for hydroxylation is 3. The summed E-state index contributed by atoms with van der Waals surface area (Å²) in [4.78, 5) is 45.8. The molecule has 170 valence electrons. The highest BCUT2D eigenvalue weighted by Gasteiger charge is 2.26. The van der Waals surface area contributed by atoms with Crippen LogP contribution in [0, 0.1) is 13.8 Å². The predicted octanol–water partition coefficient (Wildman–Crippen LogP) is 4.85. The molecule has 0 spiro atoms. The molecule has 9 heteroatoms. The molecule has 4 rings (SSSR count). The van der Waals surface area contributed by atoms with Gasteiger partial charge >= 0.3 is 5.97 Å². The number of esters is 1. The Kier molecular flexibility index (Phi) is 6.48. The third-order valence-corrected chi connectivity index (χ3v) is 8.13. The average Bonchev–Trinajstić information content (AvgIpc) is 3.13. The van der Waals surface area contributed by atoms with E-state index in [2.05, 4.69) is 5.32 Å². The van der Waals surface area contributed by atoms with E-state index < -0.39 is 5.97 Å². The second-order valence-electron chi connectivity index (χ2n) is 7.90. The van der Waals surface area contributed by atoms with E-state index in [4.69, 9.17) is 9.72 Å². The number of nitrogens with one attached hydrogen (secondary N) is 1. The van der Waals surface area contributed by atoms with Crippen LogP contribution in [0.2, 0.25) is 0 Å². The van der Waals surface area contributed by atoms with E-state index in [0.29, 0.717) is 44.2 Å². The number of thiophene rings is 2. The summed E-state index contributed by atoms with van der Waals surface area (Å²) in [6.45, 7) is 8.40. The number of ether oxygens (including phenoxy) is 1. The lowest BCUT2D eigenvalue weighted by atomic mass is 10.1. The summed E-state index contributed by atoms with van der Waals surface area (Å²) in [5.41, 5.74) is 1.89. The number of carbonyl (C=O) groups is 2. The zero-order valence-corrected chi connectivity index (χ0v) is 20.4. The monoisotopic (exact) mass is 473 g/mol. The molecule has 1 N–H and O–H groups in total. The highest BCUT2D eigenvalue weighted by molar-refractivity contribution is 7.21. The molecule has 0 radical (unpaired) electrons. The van der Waals surface area contributed by atoms with Crippen molar-refractivity contribution in [2.45, 2.75) is 66.3 Å². The third kappa shape index (κ3) is 3.88. The maximum Gasteiger partial charge on any atom is 0.341 e. The summed E-state index contributed by atoms with van der Waals surface area (Å²) in [5.74, 6) is 0.0412. The van der Waals surface area contributed by atoms with E-state index in [0.717, 1.165) is 41.9 Å². The number of fused-ring (bicyclic) bond motifs is 2. The van der Waals surface area contributed by atoms with Gasteiger partial charge in [0.25, 0.3) is 11.5 Å². The number of hydrogen-bond acceptors (Lipinski definition) is 7. The molecule has 3 aromatic rings. The molecule has 0 saturated carbocycles. The number of anilines is 1. The van der Waals surface area contributed by atoms with Gasteiger partial charge in [-0.15, -0.1) is 22.7 Å². The fourth-order valence-corrected chi connectivity index (χ4v) is 6.51. The molecular formula is C23H27N3O4S2. The van der Waals surface area contributed by atoms with Crippen molar-refractivity contribution < 1.29 is 14.3 Å². The van der Waals surface area contributed by atoms with Gasteiger partial charge in [-0.1, -0.05) is 13.3 Å². The fourth-order valence-electron chi connectivity index (χ4n) is 4.30. The van der Waals surface area contributed by atoms with Crippen LogP contribution in [-0.4, -0.2) is 28.0 Å². The maximum atomic E-state index is 13.3. The minimum atomic E-state index is -0.430. The van der Waals surface area contributed by atoms with Crippen molar-refractivity contribution in [1.29, 1.82) is 0 Å². The van der Waals surface area contributed by atoms with Gasteiger partial charge in [-0.05, 0) is 51.2 Å². The van der Waals surface area contributed by atoms with Crippen LogP contribution >= 0.6 is 22.7 Å². The van der Waals surface area contributed by atoms with Crippen LogP contribution < -0.4 is 10.9 Å². The van der Waals surface area contributed by atoms with Gasteiger partial charge in [0.2, 0.25) is 0 Å². The van der Waals surface area contributed by atoms with Gasteiger partial charge in [-0.25, -0.2) is 9.78 Å². The Balaban J connectivity index is 1.74. The first-order chi connectivity index (χ1) is 15.4. The van der Waals surface area contributed by atoms with Crippen molar-refractivity contribution in [2.24, 2.45) is 0 Å². The smallest absolute Gasteiger partial charge is 0.341 e. The molecule has 1 amide bonds. The molecule has 1 aliphatic rings. The minimum Gasteiger partial charge on any atom is -0.462 e. The Morgan fingerprint density at radius 1 is 1.16 bits per heavy atom. The predicted molar refractivity (Wildman–Crippen MR) is 129 cm³/mol. The van der Waals surface area contributed by atoms with Crippen molar-refractivity contribution in [2.75, 3.05) is 11.9 Å². The molecule has 1 aliphatic heterocycles. The van der Waals surface area contributed by atoms with Gasteiger partial charge < -0.3 is 10.1 Å². The lowest BCUT2D eigenvalue weighted by Gasteiger charge is -2.08. The first-order valence-electron chi connectivity index (χ1n) is 11.0. The summed E-state index contributed by atoms with van der Waals surface area (Å²) in [5, 5.41) is 3.92. The molecule has 0 aromatic carbocycles. The van der Waals surface area contributed by atoms with Gasteiger partial charge in [0.1, 0.15) is 15.7 Å². The number of carbonyl (C=O) groups excluding carboxylic acids is 2. The molecule has 0 bridgehead atoms. The molecule has 7 nitrogen and oxygen atoms in total. The number of aromatic nitrogens is 2. The number of rotatable bonds is 5. The molecular weight excluding hydrogens is 446 g/mol. The maximum absolute atomic E-state index is 13.3. The Morgan fingerprint density at radius 3 is 2.66 bits per heavy atom. The zero-order valence-electron chi connectivity index (χ0n) is 18.8. The summed E-state index contributed by atoms with van der Waals surface area (Å²) < 4.78 is 7.00. The highest BCUT2D eigenvalue weighted by atomic mass is 32.1. The standard InChI is InChI=1S/C23H27N3O4S2/c1-5-14-13(4)31-21(17(14)23(29)30-6-2)25-19(27)18-12(3)16-20(32-18)24-15-10-8-7-9-11-26(15)22(16)28/h5-11H2,1-4H3,(H,25,27). The van der Waals surface area contributed by atoms with Crippen LogP contribution in [0.4, 0.5) is 5.00 Å². The van der Waals surface area contributed by atoms with Crippen LogP contribution in [0.25, 0.3) is 10.2 Å². The Hall–Kier alpha value is -2.52. The largest absolute Gasteiger partial charge is 0.462 e. The Bertz CT molecular complexity index is 1270. The molecule has 4 heterocycles. The van der Waals surface area contributed by atoms with E-state index in [1.54, 1.807) is 18.4 Å². The van der Waals surface area contributed by atoms with Gasteiger partial charge in [0.15, 0.2) is 0 Å². The quantitative estimate of drug-likeness (QED) is 0.535. The fraction of sp³-hybridized carbons (Fsp3) is 0.478. The van der Waals surface area contributed by atoms with Crippen molar-refractivity contribution in [3.8, 4) is 0 Å². The van der Waals surface area contributed by atoms with Crippen LogP contribution in [0.5, 0.6) is 0 Å². The molecule has 0 atom stereocenters. The van der Waals surface area contributed by atoms with Crippen LogP contribution in [-0.2, 0) is 24.1 Å². The SMILES string of the molecule is CCOC(=O)c1c(NC(=O)c2sc3nc4n(c(=O)c3c2C)CCCCC4)sc(C)c1CC.